The van der Waals surface area contributed by atoms with Gasteiger partial charge in [0.2, 0.25) is 0 Å². The van der Waals surface area contributed by atoms with E-state index in [0.717, 1.165) is 6.20 Å². The Morgan fingerprint density at radius 1 is 1.39 bits per heavy atom. The third kappa shape index (κ3) is 5.43. The van der Waals surface area contributed by atoms with Gasteiger partial charge in [0, 0.05) is 18.3 Å². The van der Waals surface area contributed by atoms with Crippen molar-refractivity contribution in [2.45, 2.75) is 26.4 Å². The minimum Gasteiger partial charge on any atom is -0.480 e. The van der Waals surface area contributed by atoms with Gasteiger partial charge in [-0.25, -0.2) is 9.18 Å². The zero-order valence-corrected chi connectivity index (χ0v) is 12.8. The highest BCUT2D eigenvalue weighted by molar-refractivity contribution is 5.99. The summed E-state index contributed by atoms with van der Waals surface area (Å²) in [4.78, 5) is 23.0. The number of hydrogen-bond donors (Lipinski definition) is 3. The van der Waals surface area contributed by atoms with E-state index in [1.165, 1.54) is 6.07 Å². The molecule has 6 nitrogen and oxygen atoms in total. The second-order valence-electron chi connectivity index (χ2n) is 5.18. The number of carboxylic acids is 1. The highest BCUT2D eigenvalue weighted by Gasteiger charge is 2.24. The van der Waals surface area contributed by atoms with Crippen molar-refractivity contribution in [2.24, 2.45) is 5.92 Å². The van der Waals surface area contributed by atoms with E-state index >= 15 is 0 Å². The summed E-state index contributed by atoms with van der Waals surface area (Å²) in [5.41, 5.74) is 0.0975. The molecule has 1 aromatic carbocycles. The molecule has 1 atom stereocenters. The lowest BCUT2D eigenvalue weighted by atomic mass is 10.0. The largest absolute Gasteiger partial charge is 0.480 e. The average Bonchev–Trinajstić information content (AvgIpc) is 2.50. The number of carboxylic acid groups (broad SMARTS) is 1. The predicted octanol–water partition coefficient (Wildman–Crippen LogP) is 1.55. The first-order chi connectivity index (χ1) is 10.9. The molecule has 1 aromatic rings. The van der Waals surface area contributed by atoms with Crippen molar-refractivity contribution < 1.29 is 19.1 Å². The van der Waals surface area contributed by atoms with Gasteiger partial charge in [0.25, 0.3) is 5.91 Å². The number of rotatable bonds is 7. The number of amides is 1. The van der Waals surface area contributed by atoms with Gasteiger partial charge in [-0.2, -0.15) is 5.26 Å². The first kappa shape index (κ1) is 18.2. The Labute approximate surface area is 133 Å². The van der Waals surface area contributed by atoms with Crippen LogP contribution >= 0.6 is 0 Å². The summed E-state index contributed by atoms with van der Waals surface area (Å²) in [6, 6.07) is 6.69. The fourth-order valence-corrected chi connectivity index (χ4v) is 1.79. The molecular formula is C16H18FN3O3. The van der Waals surface area contributed by atoms with Crippen molar-refractivity contribution in [1.29, 1.82) is 5.26 Å². The summed E-state index contributed by atoms with van der Waals surface area (Å²) in [6.07, 6.45) is 1.14. The summed E-state index contributed by atoms with van der Waals surface area (Å²) in [7, 11) is 0. The molecule has 1 rings (SSSR count). The minimum atomic E-state index is -1.18. The van der Waals surface area contributed by atoms with Gasteiger partial charge in [-0.3, -0.25) is 4.79 Å². The van der Waals surface area contributed by atoms with Gasteiger partial charge >= 0.3 is 5.97 Å². The third-order valence-electron chi connectivity index (χ3n) is 3.08. The van der Waals surface area contributed by atoms with Gasteiger partial charge in [0.15, 0.2) is 0 Å². The van der Waals surface area contributed by atoms with Gasteiger partial charge in [0.05, 0.1) is 0 Å². The van der Waals surface area contributed by atoms with Gasteiger partial charge in [0.1, 0.15) is 23.5 Å². The van der Waals surface area contributed by atoms with Crippen molar-refractivity contribution in [3.8, 4) is 6.07 Å². The number of aliphatic carboxylic acids is 1. The Morgan fingerprint density at radius 3 is 2.57 bits per heavy atom. The molecule has 1 amide bonds. The number of nitriles is 1. The topological polar surface area (TPSA) is 102 Å². The molecule has 0 bridgehead atoms. The number of nitrogens with zero attached hydrogens (tertiary/aromatic N) is 1. The third-order valence-corrected chi connectivity index (χ3v) is 3.08. The van der Waals surface area contributed by atoms with Crippen LogP contribution in [0.2, 0.25) is 0 Å². The number of carbonyl (C=O) groups excluding carboxylic acids is 1. The second-order valence-corrected chi connectivity index (χ2v) is 5.18. The van der Waals surface area contributed by atoms with E-state index in [0.29, 0.717) is 5.56 Å². The summed E-state index contributed by atoms with van der Waals surface area (Å²) in [6.45, 7) is 3.38. The van der Waals surface area contributed by atoms with E-state index in [4.69, 9.17) is 10.4 Å². The van der Waals surface area contributed by atoms with Crippen LogP contribution in [0, 0.1) is 23.1 Å². The fourth-order valence-electron chi connectivity index (χ4n) is 1.79. The van der Waals surface area contributed by atoms with Crippen molar-refractivity contribution in [1.82, 2.24) is 10.6 Å². The zero-order valence-electron chi connectivity index (χ0n) is 12.8. The molecule has 122 valence electrons. The molecule has 0 fully saturated rings. The molecule has 0 aromatic heterocycles. The molecule has 1 unspecified atom stereocenters. The first-order valence-electron chi connectivity index (χ1n) is 6.97. The quantitative estimate of drug-likeness (QED) is 0.523. The van der Waals surface area contributed by atoms with E-state index in [9.17, 15) is 14.0 Å². The zero-order chi connectivity index (χ0) is 17.4. The fraction of sp³-hybridized carbons (Fsp3) is 0.312. The van der Waals surface area contributed by atoms with Crippen molar-refractivity contribution >= 4 is 11.9 Å². The smallest absolute Gasteiger partial charge is 0.326 e. The molecule has 3 N–H and O–H groups in total. The Balaban J connectivity index is 2.72. The lowest BCUT2D eigenvalue weighted by molar-refractivity contribution is -0.142. The van der Waals surface area contributed by atoms with Crippen LogP contribution in [0.5, 0.6) is 0 Å². The monoisotopic (exact) mass is 319 g/mol. The van der Waals surface area contributed by atoms with Crippen LogP contribution in [0.1, 0.15) is 19.4 Å². The first-order valence-corrected chi connectivity index (χ1v) is 6.97. The van der Waals surface area contributed by atoms with Gasteiger partial charge in [-0.05, 0) is 12.0 Å². The lowest BCUT2D eigenvalue weighted by Gasteiger charge is -2.17. The van der Waals surface area contributed by atoms with E-state index in [1.807, 2.05) is 0 Å². The Morgan fingerprint density at radius 2 is 2.04 bits per heavy atom. The SMILES string of the molecule is CC(C)C(NC(=O)/C(C#N)=C\NCc1ccccc1F)C(=O)O. The molecule has 0 spiro atoms. The number of carbonyl (C=O) groups is 2. The maximum Gasteiger partial charge on any atom is 0.326 e. The molecule has 0 saturated carbocycles. The van der Waals surface area contributed by atoms with E-state index in [1.54, 1.807) is 38.1 Å². The molecule has 7 heteroatoms. The minimum absolute atomic E-state index is 0.0949. The van der Waals surface area contributed by atoms with Crippen LogP contribution in [0.4, 0.5) is 4.39 Å². The molecule has 0 heterocycles. The summed E-state index contributed by atoms with van der Waals surface area (Å²) >= 11 is 0. The van der Waals surface area contributed by atoms with Crippen LogP contribution in [0.15, 0.2) is 36.0 Å². The Hall–Kier alpha value is -2.88. The van der Waals surface area contributed by atoms with E-state index < -0.39 is 23.7 Å². The van der Waals surface area contributed by atoms with Crippen LogP contribution in [-0.2, 0) is 16.1 Å². The molecule has 0 aliphatic rings. The average molecular weight is 319 g/mol. The molecule has 0 radical (unpaired) electrons. The molecule has 23 heavy (non-hydrogen) atoms. The maximum absolute atomic E-state index is 13.4. The summed E-state index contributed by atoms with van der Waals surface area (Å²) in [5.74, 6) is -2.70. The predicted molar refractivity (Wildman–Crippen MR) is 81.3 cm³/mol. The van der Waals surface area contributed by atoms with Crippen LogP contribution < -0.4 is 10.6 Å². The summed E-state index contributed by atoms with van der Waals surface area (Å²) in [5, 5.41) is 23.0. The summed E-state index contributed by atoms with van der Waals surface area (Å²) < 4.78 is 13.4. The van der Waals surface area contributed by atoms with Crippen molar-refractivity contribution in [3.63, 3.8) is 0 Å². The number of halogens is 1. The van der Waals surface area contributed by atoms with Gasteiger partial charge < -0.3 is 15.7 Å². The van der Waals surface area contributed by atoms with Crippen LogP contribution in [0.3, 0.4) is 0 Å². The van der Waals surface area contributed by atoms with Crippen molar-refractivity contribution in [2.75, 3.05) is 0 Å². The van der Waals surface area contributed by atoms with E-state index in [2.05, 4.69) is 10.6 Å². The van der Waals surface area contributed by atoms with E-state index in [-0.39, 0.29) is 18.0 Å². The van der Waals surface area contributed by atoms with Gasteiger partial charge in [-0.1, -0.05) is 32.0 Å². The molecule has 0 saturated heterocycles. The molecule has 0 aliphatic heterocycles. The number of hydrogen-bond acceptors (Lipinski definition) is 4. The van der Waals surface area contributed by atoms with Crippen LogP contribution in [0.25, 0.3) is 0 Å². The normalized spacial score (nSPS) is 12.4. The molecule has 0 aliphatic carbocycles. The Bertz CT molecular complexity index is 650. The maximum atomic E-state index is 13.4. The highest BCUT2D eigenvalue weighted by Crippen LogP contribution is 2.06. The highest BCUT2D eigenvalue weighted by atomic mass is 19.1. The Kier molecular flexibility index (Phi) is 6.74. The van der Waals surface area contributed by atoms with Crippen LogP contribution in [-0.4, -0.2) is 23.0 Å². The standard InChI is InChI=1S/C16H18FN3O3/c1-10(2)14(16(22)23)20-15(21)12(7-18)9-19-8-11-5-3-4-6-13(11)17/h3-6,9-10,14,19H,8H2,1-2H3,(H,20,21)(H,22,23)/b12-9-. The number of nitrogens with one attached hydrogen (secondary N) is 2. The molecular weight excluding hydrogens is 301 g/mol. The lowest BCUT2D eigenvalue weighted by Crippen LogP contribution is -2.44. The van der Waals surface area contributed by atoms with Crippen molar-refractivity contribution in [3.05, 3.63) is 47.4 Å². The number of benzene rings is 1. The second kappa shape index (κ2) is 8.54. The van der Waals surface area contributed by atoms with Gasteiger partial charge in [-0.15, -0.1) is 0 Å².